The van der Waals surface area contributed by atoms with E-state index in [0.29, 0.717) is 35.9 Å². The highest BCUT2D eigenvalue weighted by Gasteiger charge is 2.39. The number of aliphatic hydroxyl groups is 1. The minimum Gasteiger partial charge on any atom is -0.508 e. The zero-order valence-corrected chi connectivity index (χ0v) is 34.1. The van der Waals surface area contributed by atoms with E-state index >= 15 is 0 Å². The minimum atomic E-state index is -1.01. The van der Waals surface area contributed by atoms with Crippen LogP contribution < -0.4 is 15.1 Å². The highest BCUT2D eigenvalue weighted by atomic mass is 16.3. The van der Waals surface area contributed by atoms with E-state index in [1.54, 1.807) is 24.8 Å². The van der Waals surface area contributed by atoms with E-state index in [1.165, 1.54) is 16.8 Å². The Balaban J connectivity index is 0.812. The molecule has 59 heavy (non-hydrogen) atoms. The first-order chi connectivity index (χ1) is 28.5. The Bertz CT molecular complexity index is 2280. The number of amides is 3. The third kappa shape index (κ3) is 7.98. The van der Waals surface area contributed by atoms with Crippen LogP contribution in [0.3, 0.4) is 0 Å². The van der Waals surface area contributed by atoms with Crippen LogP contribution in [0.5, 0.6) is 5.75 Å². The van der Waals surface area contributed by atoms with Crippen molar-refractivity contribution in [2.75, 3.05) is 55.6 Å². The maximum atomic E-state index is 13.2. The minimum absolute atomic E-state index is 0.131. The SMILES string of the molecule is CC(C)(O)c1ccc(C2=C(c3ccc(N4CCC(CN5CCN(c6ccc7c(c6)CN(C6CCC(=O)NC6=O)C7=O)CC5)CC4)cc3)c3ccc(O)cc3CCC2)cn1. The molecule has 0 spiro atoms. The highest BCUT2D eigenvalue weighted by Crippen LogP contribution is 2.41. The van der Waals surface area contributed by atoms with Crippen LogP contribution in [-0.2, 0) is 28.2 Å². The highest BCUT2D eigenvalue weighted by molar-refractivity contribution is 6.05. The van der Waals surface area contributed by atoms with E-state index in [2.05, 4.69) is 67.5 Å². The Kier molecular flexibility index (Phi) is 10.5. The number of benzene rings is 3. The van der Waals surface area contributed by atoms with Crippen molar-refractivity contribution in [3.8, 4) is 5.75 Å². The summed E-state index contributed by atoms with van der Waals surface area (Å²) in [6.07, 6.45) is 7.59. The van der Waals surface area contributed by atoms with Gasteiger partial charge in [-0.05, 0) is 146 Å². The molecule has 3 aromatic carbocycles. The van der Waals surface area contributed by atoms with Crippen molar-refractivity contribution in [1.29, 1.82) is 0 Å². The van der Waals surface area contributed by atoms with Crippen molar-refractivity contribution >= 4 is 40.2 Å². The molecular weight excluding hydrogens is 741 g/mol. The van der Waals surface area contributed by atoms with Gasteiger partial charge in [0.05, 0.1) is 5.69 Å². The Morgan fingerprint density at radius 3 is 2.17 bits per heavy atom. The number of hydrogen-bond donors (Lipinski definition) is 3. The fraction of sp³-hybridized carbons (Fsp3) is 0.417. The topological polar surface area (TPSA) is 130 Å². The number of nitrogens with zero attached hydrogens (tertiary/aromatic N) is 5. The van der Waals surface area contributed by atoms with Gasteiger partial charge in [0.1, 0.15) is 17.4 Å². The Morgan fingerprint density at radius 1 is 0.746 bits per heavy atom. The van der Waals surface area contributed by atoms with Gasteiger partial charge < -0.3 is 24.9 Å². The molecule has 0 bridgehead atoms. The summed E-state index contributed by atoms with van der Waals surface area (Å²) >= 11 is 0. The summed E-state index contributed by atoms with van der Waals surface area (Å²) in [7, 11) is 0. The number of hydrogen-bond acceptors (Lipinski definition) is 9. The van der Waals surface area contributed by atoms with Crippen LogP contribution in [-0.4, -0.2) is 94.6 Å². The molecule has 11 heteroatoms. The van der Waals surface area contributed by atoms with Gasteiger partial charge in [0.2, 0.25) is 11.8 Å². The van der Waals surface area contributed by atoms with Gasteiger partial charge in [0.25, 0.3) is 5.91 Å². The van der Waals surface area contributed by atoms with Gasteiger partial charge in [0, 0.05) is 81.9 Å². The van der Waals surface area contributed by atoms with Gasteiger partial charge in [0.15, 0.2) is 0 Å². The lowest BCUT2D eigenvalue weighted by atomic mass is 9.87. The van der Waals surface area contributed by atoms with Crippen molar-refractivity contribution in [2.24, 2.45) is 5.92 Å². The van der Waals surface area contributed by atoms with Crippen molar-refractivity contribution in [3.05, 3.63) is 118 Å². The van der Waals surface area contributed by atoms with E-state index in [4.69, 9.17) is 0 Å². The number of rotatable bonds is 8. The first-order valence-electron chi connectivity index (χ1n) is 21.3. The van der Waals surface area contributed by atoms with Gasteiger partial charge in [-0.3, -0.25) is 29.6 Å². The number of aromatic hydroxyl groups is 1. The predicted molar refractivity (Wildman–Crippen MR) is 229 cm³/mol. The normalized spacial score (nSPS) is 20.8. The summed E-state index contributed by atoms with van der Waals surface area (Å²) < 4.78 is 0. The lowest BCUT2D eigenvalue weighted by Crippen LogP contribution is -2.52. The van der Waals surface area contributed by atoms with E-state index in [9.17, 15) is 24.6 Å². The summed E-state index contributed by atoms with van der Waals surface area (Å²) in [4.78, 5) is 51.1. The van der Waals surface area contributed by atoms with E-state index in [0.717, 1.165) is 111 Å². The van der Waals surface area contributed by atoms with Gasteiger partial charge in [-0.2, -0.15) is 0 Å². The quantitative estimate of drug-likeness (QED) is 0.181. The molecule has 9 rings (SSSR count). The van der Waals surface area contributed by atoms with Gasteiger partial charge >= 0.3 is 0 Å². The Labute approximate surface area is 346 Å². The van der Waals surface area contributed by atoms with Crippen LogP contribution >= 0.6 is 0 Å². The lowest BCUT2D eigenvalue weighted by Gasteiger charge is -2.40. The monoisotopic (exact) mass is 794 g/mol. The molecule has 1 aliphatic carbocycles. The van der Waals surface area contributed by atoms with Crippen LogP contribution in [0, 0.1) is 5.92 Å². The molecule has 1 aromatic heterocycles. The van der Waals surface area contributed by atoms with Crippen molar-refractivity contribution in [2.45, 2.75) is 77.0 Å². The van der Waals surface area contributed by atoms with E-state index < -0.39 is 11.6 Å². The van der Waals surface area contributed by atoms with E-state index in [1.807, 2.05) is 30.5 Å². The Hall–Kier alpha value is -5.52. The number of piperidine rings is 2. The van der Waals surface area contributed by atoms with Gasteiger partial charge in [-0.25, -0.2) is 0 Å². The smallest absolute Gasteiger partial charge is 0.255 e. The number of aromatic nitrogens is 1. The summed E-state index contributed by atoms with van der Waals surface area (Å²) in [6, 6.07) is 24.3. The number of pyridine rings is 1. The van der Waals surface area contributed by atoms with Crippen LogP contribution in [0.25, 0.3) is 11.1 Å². The number of phenolic OH excluding ortho intramolecular Hbond substituents is 1. The molecule has 11 nitrogen and oxygen atoms in total. The van der Waals surface area contributed by atoms with Crippen molar-refractivity contribution in [3.63, 3.8) is 0 Å². The largest absolute Gasteiger partial charge is 0.508 e. The zero-order chi connectivity index (χ0) is 40.8. The number of carbonyl (C=O) groups excluding carboxylic acids is 3. The number of imide groups is 1. The number of carbonyl (C=O) groups is 3. The molecule has 4 aromatic rings. The number of allylic oxidation sites excluding steroid dienone is 1. The number of piperazine rings is 1. The zero-order valence-electron chi connectivity index (χ0n) is 34.1. The maximum Gasteiger partial charge on any atom is 0.255 e. The van der Waals surface area contributed by atoms with Gasteiger partial charge in [-0.15, -0.1) is 0 Å². The first-order valence-corrected chi connectivity index (χ1v) is 21.3. The standard InChI is InChI=1S/C48H54N6O5/c1-48(2,59)43-16-8-34(28-49-43)39-5-3-4-33-27-38(55)12-14-40(33)45(39)32-6-9-36(10-7-32)52-20-18-31(19-21-52)29-51-22-24-53(25-23-51)37-11-13-41-35(26-37)30-54(47(41)58)42-15-17-44(56)50-46(42)57/h6-14,16,26-28,31,42,55,59H,3-5,15,17-25,29-30H2,1-2H3,(H,50,56,57). The van der Waals surface area contributed by atoms with Crippen LogP contribution in [0.2, 0.25) is 0 Å². The molecule has 5 aliphatic rings. The molecule has 3 saturated heterocycles. The fourth-order valence-corrected chi connectivity index (χ4v) is 9.85. The second-order valence-corrected chi connectivity index (χ2v) is 17.5. The predicted octanol–water partition coefficient (Wildman–Crippen LogP) is 6.11. The molecule has 3 fully saturated rings. The number of aryl methyl sites for hydroxylation is 1. The van der Waals surface area contributed by atoms with Crippen molar-refractivity contribution in [1.82, 2.24) is 20.1 Å². The van der Waals surface area contributed by atoms with Crippen molar-refractivity contribution < 1.29 is 24.6 Å². The lowest BCUT2D eigenvalue weighted by molar-refractivity contribution is -0.136. The average Bonchev–Trinajstić information content (AvgIpc) is 3.43. The second-order valence-electron chi connectivity index (χ2n) is 17.5. The number of anilines is 2. The van der Waals surface area contributed by atoms with E-state index in [-0.39, 0.29) is 24.1 Å². The molecule has 1 unspecified atom stereocenters. The number of nitrogens with one attached hydrogen (secondary N) is 1. The molecule has 306 valence electrons. The molecule has 5 heterocycles. The fourth-order valence-electron chi connectivity index (χ4n) is 9.85. The molecular formula is C48H54N6O5. The first kappa shape index (κ1) is 39.0. The third-order valence-corrected chi connectivity index (χ3v) is 13.2. The molecule has 0 radical (unpaired) electrons. The average molecular weight is 795 g/mol. The third-order valence-electron chi connectivity index (χ3n) is 13.2. The summed E-state index contributed by atoms with van der Waals surface area (Å²) in [5.74, 6) is 0.168. The van der Waals surface area contributed by atoms with Crippen LogP contribution in [0.15, 0.2) is 79.0 Å². The second kappa shape index (κ2) is 15.9. The summed E-state index contributed by atoms with van der Waals surface area (Å²) in [5, 5.41) is 23.3. The molecule has 4 aliphatic heterocycles. The van der Waals surface area contributed by atoms with Crippen LogP contribution in [0.4, 0.5) is 11.4 Å². The number of phenols is 1. The molecule has 0 saturated carbocycles. The molecule has 3 amide bonds. The van der Waals surface area contributed by atoms with Crippen LogP contribution in [0.1, 0.15) is 96.2 Å². The molecule has 1 atom stereocenters. The Morgan fingerprint density at radius 2 is 1.46 bits per heavy atom. The maximum absolute atomic E-state index is 13.2. The summed E-state index contributed by atoms with van der Waals surface area (Å²) in [5.41, 5.74) is 10.5. The summed E-state index contributed by atoms with van der Waals surface area (Å²) in [6.45, 7) is 10.9. The molecule has 3 N–H and O–H groups in total. The number of fused-ring (bicyclic) bond motifs is 2. The van der Waals surface area contributed by atoms with Gasteiger partial charge in [-0.1, -0.05) is 24.3 Å².